The molecule has 0 saturated heterocycles. The van der Waals surface area contributed by atoms with Gasteiger partial charge in [0.2, 0.25) is 5.91 Å². The number of carbonyl (C=O) groups is 3. The van der Waals surface area contributed by atoms with Crippen molar-refractivity contribution >= 4 is 28.9 Å². The van der Waals surface area contributed by atoms with Gasteiger partial charge in [-0.25, -0.2) is 4.79 Å². The summed E-state index contributed by atoms with van der Waals surface area (Å²) >= 11 is 1.08. The van der Waals surface area contributed by atoms with E-state index in [0.717, 1.165) is 11.8 Å². The first kappa shape index (κ1) is 19.0. The van der Waals surface area contributed by atoms with Crippen molar-refractivity contribution in [3.8, 4) is 0 Å². The van der Waals surface area contributed by atoms with Crippen molar-refractivity contribution in [1.82, 2.24) is 5.32 Å². The molecule has 2 amide bonds. The van der Waals surface area contributed by atoms with E-state index in [0.29, 0.717) is 16.9 Å². The van der Waals surface area contributed by atoms with Gasteiger partial charge in [0.25, 0.3) is 0 Å². The lowest BCUT2D eigenvalue weighted by Gasteiger charge is -2.23. The maximum atomic E-state index is 12.0. The zero-order chi connectivity index (χ0) is 17.6. The van der Waals surface area contributed by atoms with Crippen LogP contribution >= 0.6 is 11.8 Å². The van der Waals surface area contributed by atoms with Gasteiger partial charge in [0, 0.05) is 18.2 Å². The number of ether oxygens (including phenoxy) is 1. The highest BCUT2D eigenvalue weighted by molar-refractivity contribution is 8.13. The summed E-state index contributed by atoms with van der Waals surface area (Å²) in [6.45, 7) is 6.74. The fourth-order valence-electron chi connectivity index (χ4n) is 1.78. The number of hydrogen-bond acceptors (Lipinski definition) is 5. The summed E-state index contributed by atoms with van der Waals surface area (Å²) in [4.78, 5) is 34.5. The Bertz CT molecular complexity index is 596. The van der Waals surface area contributed by atoms with Crippen LogP contribution in [0.4, 0.5) is 4.79 Å². The predicted octanol–water partition coefficient (Wildman–Crippen LogP) is 2.63. The molecule has 7 heteroatoms. The number of rotatable bonds is 5. The van der Waals surface area contributed by atoms with Gasteiger partial charge >= 0.3 is 6.09 Å². The van der Waals surface area contributed by atoms with Crippen LogP contribution in [0.5, 0.6) is 0 Å². The molecular formula is C16H22N2O4S. The van der Waals surface area contributed by atoms with Gasteiger partial charge in [0.1, 0.15) is 5.60 Å². The Morgan fingerprint density at radius 1 is 1.30 bits per heavy atom. The number of nitrogens with two attached hydrogens (primary N) is 1. The van der Waals surface area contributed by atoms with Gasteiger partial charge in [0.05, 0.1) is 6.04 Å². The molecule has 1 rings (SSSR count). The molecule has 0 aliphatic heterocycles. The van der Waals surface area contributed by atoms with Crippen molar-refractivity contribution in [1.29, 1.82) is 0 Å². The third-order valence-electron chi connectivity index (χ3n) is 2.72. The molecule has 0 spiro atoms. The number of benzene rings is 1. The Kier molecular flexibility index (Phi) is 6.62. The topological polar surface area (TPSA) is 98.5 Å². The van der Waals surface area contributed by atoms with E-state index in [1.165, 1.54) is 6.92 Å². The third-order valence-corrected chi connectivity index (χ3v) is 3.62. The van der Waals surface area contributed by atoms with Gasteiger partial charge in [-0.2, -0.15) is 0 Å². The first-order valence-corrected chi connectivity index (χ1v) is 8.09. The molecule has 1 aromatic rings. The Morgan fingerprint density at radius 3 is 2.48 bits per heavy atom. The van der Waals surface area contributed by atoms with Gasteiger partial charge in [0.15, 0.2) is 5.12 Å². The number of nitrogens with one attached hydrogen (secondary N) is 1. The van der Waals surface area contributed by atoms with E-state index in [9.17, 15) is 14.4 Å². The highest BCUT2D eigenvalue weighted by atomic mass is 32.2. The van der Waals surface area contributed by atoms with Crippen molar-refractivity contribution in [3.05, 3.63) is 35.4 Å². The molecule has 23 heavy (non-hydrogen) atoms. The molecule has 0 bridgehead atoms. The Hall–Kier alpha value is -2.02. The number of thioether (sulfide) groups is 1. The molecule has 0 heterocycles. The Morgan fingerprint density at radius 2 is 1.96 bits per heavy atom. The smallest absolute Gasteiger partial charge is 0.408 e. The Labute approximate surface area is 140 Å². The SMILES string of the molecule is CC(=O)SCC(NC(=O)OC(C)(C)C)c1cccc(C(N)=O)c1. The summed E-state index contributed by atoms with van der Waals surface area (Å²) in [5, 5.41) is 2.66. The van der Waals surface area contributed by atoms with E-state index >= 15 is 0 Å². The molecule has 0 aromatic heterocycles. The summed E-state index contributed by atoms with van der Waals surface area (Å²) in [7, 11) is 0. The number of hydrogen-bond donors (Lipinski definition) is 2. The van der Waals surface area contributed by atoms with Crippen LogP contribution in [0, 0.1) is 0 Å². The van der Waals surface area contributed by atoms with Crippen LogP contribution < -0.4 is 11.1 Å². The minimum Gasteiger partial charge on any atom is -0.444 e. The van der Waals surface area contributed by atoms with Crippen LogP contribution in [0.3, 0.4) is 0 Å². The highest BCUT2D eigenvalue weighted by Gasteiger charge is 2.21. The van der Waals surface area contributed by atoms with E-state index in [-0.39, 0.29) is 5.12 Å². The second-order valence-corrected chi connectivity index (χ2v) is 7.19. The maximum Gasteiger partial charge on any atom is 0.408 e. The van der Waals surface area contributed by atoms with E-state index in [1.807, 2.05) is 0 Å². The first-order chi connectivity index (χ1) is 10.6. The molecule has 0 aliphatic carbocycles. The molecule has 6 nitrogen and oxygen atoms in total. The van der Waals surface area contributed by atoms with Crippen molar-refractivity contribution in [2.24, 2.45) is 5.73 Å². The zero-order valence-corrected chi connectivity index (χ0v) is 14.5. The average Bonchev–Trinajstić information content (AvgIpc) is 2.41. The third kappa shape index (κ3) is 7.19. The van der Waals surface area contributed by atoms with E-state index in [2.05, 4.69) is 5.32 Å². The normalized spacial score (nSPS) is 12.3. The highest BCUT2D eigenvalue weighted by Crippen LogP contribution is 2.21. The summed E-state index contributed by atoms with van der Waals surface area (Å²) in [5.74, 6) is -0.223. The number of carbonyl (C=O) groups excluding carboxylic acids is 3. The van der Waals surface area contributed by atoms with E-state index in [1.54, 1.807) is 45.0 Å². The zero-order valence-electron chi connectivity index (χ0n) is 13.7. The average molecular weight is 338 g/mol. The molecule has 0 radical (unpaired) electrons. The van der Waals surface area contributed by atoms with Gasteiger partial charge in [-0.15, -0.1) is 0 Å². The summed E-state index contributed by atoms with van der Waals surface area (Å²) in [5.41, 5.74) is 5.67. The van der Waals surface area contributed by atoms with Crippen LogP contribution in [0.2, 0.25) is 0 Å². The van der Waals surface area contributed by atoms with Crippen LogP contribution in [0.1, 0.15) is 49.7 Å². The van der Waals surface area contributed by atoms with E-state index in [4.69, 9.17) is 10.5 Å². The molecular weight excluding hydrogens is 316 g/mol. The minimum atomic E-state index is -0.628. The number of alkyl carbamates (subject to hydrolysis) is 1. The molecule has 0 aliphatic rings. The van der Waals surface area contributed by atoms with Crippen LogP contribution in [0.15, 0.2) is 24.3 Å². The van der Waals surface area contributed by atoms with Crippen molar-refractivity contribution in [2.45, 2.75) is 39.3 Å². The fraction of sp³-hybridized carbons (Fsp3) is 0.438. The molecule has 0 saturated carbocycles. The Balaban J connectivity index is 2.95. The van der Waals surface area contributed by atoms with Crippen LogP contribution in [-0.4, -0.2) is 28.5 Å². The van der Waals surface area contributed by atoms with Crippen molar-refractivity contribution in [2.75, 3.05) is 5.75 Å². The minimum absolute atomic E-state index is 0.0629. The van der Waals surface area contributed by atoms with Gasteiger partial charge in [-0.3, -0.25) is 9.59 Å². The van der Waals surface area contributed by atoms with Crippen molar-refractivity contribution < 1.29 is 19.1 Å². The molecule has 126 valence electrons. The summed E-state index contributed by atoms with van der Waals surface area (Å²) < 4.78 is 5.24. The molecule has 3 N–H and O–H groups in total. The predicted molar refractivity (Wildman–Crippen MR) is 90.2 cm³/mol. The second kappa shape index (κ2) is 8.01. The van der Waals surface area contributed by atoms with Crippen molar-refractivity contribution in [3.63, 3.8) is 0 Å². The van der Waals surface area contributed by atoms with Crippen LogP contribution in [0.25, 0.3) is 0 Å². The van der Waals surface area contributed by atoms with Gasteiger partial charge in [-0.1, -0.05) is 23.9 Å². The van der Waals surface area contributed by atoms with Crippen LogP contribution in [-0.2, 0) is 9.53 Å². The molecule has 1 aromatic carbocycles. The molecule has 1 unspecified atom stereocenters. The summed E-state index contributed by atoms with van der Waals surface area (Å²) in [6, 6.07) is 6.16. The number of amides is 2. The van der Waals surface area contributed by atoms with Gasteiger partial charge in [-0.05, 0) is 38.5 Å². The lowest BCUT2D eigenvalue weighted by atomic mass is 10.0. The quantitative estimate of drug-likeness (QED) is 0.860. The maximum absolute atomic E-state index is 12.0. The largest absolute Gasteiger partial charge is 0.444 e. The lowest BCUT2D eigenvalue weighted by molar-refractivity contribution is -0.109. The second-order valence-electron chi connectivity index (χ2n) is 5.99. The lowest BCUT2D eigenvalue weighted by Crippen LogP contribution is -2.36. The fourth-order valence-corrected chi connectivity index (χ4v) is 2.46. The number of primary amides is 1. The van der Waals surface area contributed by atoms with Gasteiger partial charge < -0.3 is 15.8 Å². The molecule has 0 fully saturated rings. The summed E-state index contributed by atoms with van der Waals surface area (Å²) in [6.07, 6.45) is -0.587. The standard InChI is InChI=1S/C16H22N2O4S/c1-10(19)23-9-13(18-15(21)22-16(2,3)4)11-6-5-7-12(8-11)14(17)20/h5-8,13H,9H2,1-4H3,(H2,17,20)(H,18,21). The first-order valence-electron chi connectivity index (χ1n) is 7.11. The van der Waals surface area contributed by atoms with E-state index < -0.39 is 23.6 Å². The molecule has 1 atom stereocenters. The monoisotopic (exact) mass is 338 g/mol.